The van der Waals surface area contributed by atoms with Gasteiger partial charge < -0.3 is 9.64 Å². The van der Waals surface area contributed by atoms with E-state index in [1.165, 1.54) is 19.2 Å². The summed E-state index contributed by atoms with van der Waals surface area (Å²) >= 11 is 0. The lowest BCUT2D eigenvalue weighted by molar-refractivity contribution is -0.117. The molecule has 1 saturated heterocycles. The Labute approximate surface area is 158 Å². The molecular formula is C19H20N2O5S. The van der Waals surface area contributed by atoms with Gasteiger partial charge in [-0.2, -0.15) is 0 Å². The molecule has 1 fully saturated rings. The van der Waals surface area contributed by atoms with E-state index >= 15 is 0 Å². The fourth-order valence-corrected chi connectivity index (χ4v) is 3.64. The van der Waals surface area contributed by atoms with Gasteiger partial charge in [-0.05, 0) is 62.4 Å². The number of nitrogens with zero attached hydrogens (tertiary/aromatic N) is 1. The lowest BCUT2D eigenvalue weighted by Gasteiger charge is -2.16. The highest BCUT2D eigenvalue weighted by Crippen LogP contribution is 2.25. The van der Waals surface area contributed by atoms with Crippen molar-refractivity contribution in [2.45, 2.75) is 24.7 Å². The maximum atomic E-state index is 12.5. The minimum Gasteiger partial charge on any atom is -0.423 e. The molecule has 0 bridgehead atoms. The average molecular weight is 388 g/mol. The number of carbonyl (C=O) groups is 2. The number of sulfonamides is 1. The molecule has 8 heteroatoms. The third kappa shape index (κ3) is 4.01. The van der Waals surface area contributed by atoms with E-state index in [0.717, 1.165) is 12.1 Å². The number of anilines is 1. The molecule has 0 aliphatic carbocycles. The Morgan fingerprint density at radius 1 is 1.15 bits per heavy atom. The van der Waals surface area contributed by atoms with Gasteiger partial charge in [-0.15, -0.1) is 0 Å². The van der Waals surface area contributed by atoms with Gasteiger partial charge in [-0.1, -0.05) is 6.07 Å². The summed E-state index contributed by atoms with van der Waals surface area (Å²) in [6.45, 7) is 2.39. The summed E-state index contributed by atoms with van der Waals surface area (Å²) in [6, 6.07) is 11.0. The van der Waals surface area contributed by atoms with Crippen molar-refractivity contribution in [2.75, 3.05) is 18.5 Å². The lowest BCUT2D eigenvalue weighted by Crippen LogP contribution is -2.23. The molecule has 1 aliphatic rings. The fourth-order valence-electron chi connectivity index (χ4n) is 2.88. The van der Waals surface area contributed by atoms with Crippen LogP contribution in [0.1, 0.15) is 28.8 Å². The molecule has 1 aliphatic heterocycles. The molecule has 1 amide bonds. The second-order valence-corrected chi connectivity index (χ2v) is 8.10. The summed E-state index contributed by atoms with van der Waals surface area (Å²) < 4.78 is 31.5. The summed E-state index contributed by atoms with van der Waals surface area (Å²) in [5, 5.41) is 0. The van der Waals surface area contributed by atoms with Gasteiger partial charge in [0.2, 0.25) is 15.9 Å². The summed E-state index contributed by atoms with van der Waals surface area (Å²) in [7, 11) is -2.35. The first kappa shape index (κ1) is 19.1. The number of ether oxygens (including phenoxy) is 1. The molecule has 2 aromatic rings. The molecule has 0 spiro atoms. The smallest absolute Gasteiger partial charge is 0.343 e. The molecule has 2 aromatic carbocycles. The van der Waals surface area contributed by atoms with Crippen LogP contribution in [-0.2, 0) is 14.8 Å². The molecular weight excluding hydrogens is 368 g/mol. The maximum absolute atomic E-state index is 12.5. The SMILES string of the molecule is CNS(=O)(=O)c1ccc(C)c(C(=O)Oc2ccc(N3CCCC3=O)cc2)c1. The van der Waals surface area contributed by atoms with E-state index in [-0.39, 0.29) is 16.4 Å². The van der Waals surface area contributed by atoms with Crippen molar-refractivity contribution < 1.29 is 22.7 Å². The van der Waals surface area contributed by atoms with Crippen LogP contribution in [0.3, 0.4) is 0 Å². The Morgan fingerprint density at radius 2 is 1.85 bits per heavy atom. The number of aryl methyl sites for hydroxylation is 1. The van der Waals surface area contributed by atoms with Gasteiger partial charge in [0.05, 0.1) is 10.5 Å². The summed E-state index contributed by atoms with van der Waals surface area (Å²) in [6.07, 6.45) is 1.38. The molecule has 0 radical (unpaired) electrons. The number of nitrogens with one attached hydrogen (secondary N) is 1. The third-order valence-corrected chi connectivity index (χ3v) is 5.85. The first-order valence-electron chi connectivity index (χ1n) is 8.48. The van der Waals surface area contributed by atoms with Crippen LogP contribution < -0.4 is 14.4 Å². The van der Waals surface area contributed by atoms with Gasteiger partial charge in [-0.25, -0.2) is 17.9 Å². The van der Waals surface area contributed by atoms with Crippen LogP contribution in [0, 0.1) is 6.92 Å². The largest absolute Gasteiger partial charge is 0.423 e. The summed E-state index contributed by atoms with van der Waals surface area (Å²) in [5.41, 5.74) is 1.54. The second kappa shape index (κ2) is 7.50. The first-order chi connectivity index (χ1) is 12.8. The number of esters is 1. The second-order valence-electron chi connectivity index (χ2n) is 6.22. The summed E-state index contributed by atoms with van der Waals surface area (Å²) in [4.78, 5) is 26.0. The van der Waals surface area contributed by atoms with Crippen molar-refractivity contribution in [3.05, 3.63) is 53.6 Å². The maximum Gasteiger partial charge on any atom is 0.343 e. The van der Waals surface area contributed by atoms with E-state index in [1.54, 1.807) is 42.2 Å². The molecule has 0 aromatic heterocycles. The van der Waals surface area contributed by atoms with Gasteiger partial charge in [0.15, 0.2) is 0 Å². The minimum atomic E-state index is -3.66. The number of carbonyl (C=O) groups excluding carboxylic acids is 2. The third-order valence-electron chi connectivity index (χ3n) is 4.44. The normalized spacial score (nSPS) is 14.4. The molecule has 0 atom stereocenters. The zero-order chi connectivity index (χ0) is 19.6. The highest BCUT2D eigenvalue weighted by molar-refractivity contribution is 7.89. The molecule has 1 heterocycles. The fraction of sp³-hybridized carbons (Fsp3) is 0.263. The highest BCUT2D eigenvalue weighted by Gasteiger charge is 2.22. The van der Waals surface area contributed by atoms with Crippen molar-refractivity contribution in [1.82, 2.24) is 4.72 Å². The quantitative estimate of drug-likeness (QED) is 0.626. The predicted molar refractivity (Wildman–Crippen MR) is 100 cm³/mol. The van der Waals surface area contributed by atoms with Crippen molar-refractivity contribution in [3.63, 3.8) is 0 Å². The molecule has 7 nitrogen and oxygen atoms in total. The molecule has 1 N–H and O–H groups in total. The Kier molecular flexibility index (Phi) is 5.29. The number of amides is 1. The summed E-state index contributed by atoms with van der Waals surface area (Å²) in [5.74, 6) is -0.250. The van der Waals surface area contributed by atoms with Crippen LogP contribution in [0.25, 0.3) is 0 Å². The Balaban J connectivity index is 1.79. The molecule has 0 unspecified atom stereocenters. The van der Waals surface area contributed by atoms with Gasteiger partial charge in [-0.3, -0.25) is 4.79 Å². The van der Waals surface area contributed by atoms with E-state index in [0.29, 0.717) is 24.3 Å². The topological polar surface area (TPSA) is 92.8 Å². The monoisotopic (exact) mass is 388 g/mol. The van der Waals surface area contributed by atoms with Crippen molar-refractivity contribution in [2.24, 2.45) is 0 Å². The van der Waals surface area contributed by atoms with Gasteiger partial charge in [0, 0.05) is 18.7 Å². The first-order valence-corrected chi connectivity index (χ1v) is 9.97. The standard InChI is InChI=1S/C19H20N2O5S/c1-13-5-10-16(27(24,25)20-2)12-17(13)19(23)26-15-8-6-14(7-9-15)21-11-3-4-18(21)22/h5-10,12,20H,3-4,11H2,1-2H3. The molecule has 142 valence electrons. The van der Waals surface area contributed by atoms with E-state index in [9.17, 15) is 18.0 Å². The van der Waals surface area contributed by atoms with Crippen LogP contribution >= 0.6 is 0 Å². The Morgan fingerprint density at radius 3 is 2.44 bits per heavy atom. The average Bonchev–Trinajstić information content (AvgIpc) is 3.08. The van der Waals surface area contributed by atoms with Gasteiger partial charge >= 0.3 is 5.97 Å². The lowest BCUT2D eigenvalue weighted by atomic mass is 10.1. The Bertz CT molecular complexity index is 984. The zero-order valence-corrected chi connectivity index (χ0v) is 15.9. The van der Waals surface area contributed by atoms with Crippen LogP contribution in [0.5, 0.6) is 5.75 Å². The number of benzene rings is 2. The van der Waals surface area contributed by atoms with E-state index in [4.69, 9.17) is 4.74 Å². The minimum absolute atomic E-state index is 0.00885. The van der Waals surface area contributed by atoms with E-state index in [2.05, 4.69) is 4.72 Å². The van der Waals surface area contributed by atoms with Crippen LogP contribution in [0.15, 0.2) is 47.4 Å². The Hall–Kier alpha value is -2.71. The van der Waals surface area contributed by atoms with Crippen molar-refractivity contribution >= 4 is 27.6 Å². The van der Waals surface area contributed by atoms with Gasteiger partial charge in [0.25, 0.3) is 0 Å². The molecule has 0 saturated carbocycles. The van der Waals surface area contributed by atoms with Crippen LogP contribution in [-0.4, -0.2) is 33.9 Å². The molecule has 27 heavy (non-hydrogen) atoms. The van der Waals surface area contributed by atoms with Crippen molar-refractivity contribution in [1.29, 1.82) is 0 Å². The van der Waals surface area contributed by atoms with E-state index < -0.39 is 16.0 Å². The zero-order valence-electron chi connectivity index (χ0n) is 15.1. The number of rotatable bonds is 5. The van der Waals surface area contributed by atoms with E-state index in [1.807, 2.05) is 0 Å². The number of hydrogen-bond acceptors (Lipinski definition) is 5. The van der Waals surface area contributed by atoms with Gasteiger partial charge in [0.1, 0.15) is 5.75 Å². The van der Waals surface area contributed by atoms with Crippen molar-refractivity contribution in [3.8, 4) is 5.75 Å². The molecule has 3 rings (SSSR count). The predicted octanol–water partition coefficient (Wildman–Crippen LogP) is 2.25. The highest BCUT2D eigenvalue weighted by atomic mass is 32.2. The van der Waals surface area contributed by atoms with Crippen LogP contribution in [0.2, 0.25) is 0 Å². The van der Waals surface area contributed by atoms with Crippen LogP contribution in [0.4, 0.5) is 5.69 Å². The number of hydrogen-bond donors (Lipinski definition) is 1.